The van der Waals surface area contributed by atoms with Crippen LogP contribution in [-0.2, 0) is 0 Å². The molecule has 0 aliphatic carbocycles. The lowest BCUT2D eigenvalue weighted by Crippen LogP contribution is -2.17. The second kappa shape index (κ2) is 5.80. The highest BCUT2D eigenvalue weighted by Gasteiger charge is 2.31. The normalized spacial score (nSPS) is 10.8. The summed E-state index contributed by atoms with van der Waals surface area (Å²) >= 11 is 0. The van der Waals surface area contributed by atoms with Crippen molar-refractivity contribution in [3.63, 3.8) is 0 Å². The van der Waals surface area contributed by atoms with Crippen molar-refractivity contribution in [3.8, 4) is 35.0 Å². The summed E-state index contributed by atoms with van der Waals surface area (Å²) in [4.78, 5) is 0. The number of alkyl halides is 3. The van der Waals surface area contributed by atoms with E-state index in [1.807, 2.05) is 0 Å². The van der Waals surface area contributed by atoms with Gasteiger partial charge >= 0.3 is 6.36 Å². The number of rotatable bonds is 3. The molecule has 0 fully saturated rings. The zero-order valence-corrected chi connectivity index (χ0v) is 11.1. The third-order valence-electron chi connectivity index (χ3n) is 2.73. The summed E-state index contributed by atoms with van der Waals surface area (Å²) in [6.45, 7) is 0. The quantitative estimate of drug-likeness (QED) is 0.788. The Morgan fingerprint density at radius 1 is 0.952 bits per heavy atom. The van der Waals surface area contributed by atoms with Gasteiger partial charge in [-0.3, -0.25) is 0 Å². The van der Waals surface area contributed by atoms with Crippen LogP contribution in [0.4, 0.5) is 13.2 Å². The molecule has 0 amide bonds. The van der Waals surface area contributed by atoms with Crippen LogP contribution in [-0.4, -0.2) is 13.5 Å². The Kier molecular flexibility index (Phi) is 4.08. The van der Waals surface area contributed by atoms with Crippen molar-refractivity contribution in [1.82, 2.24) is 0 Å². The van der Waals surface area contributed by atoms with Gasteiger partial charge in [0.2, 0.25) is 0 Å². The first kappa shape index (κ1) is 14.8. The van der Waals surface area contributed by atoms with E-state index in [4.69, 9.17) is 11.2 Å². The topological polar surface area (TPSA) is 18.5 Å². The third-order valence-corrected chi connectivity index (χ3v) is 2.73. The molecule has 0 bridgehead atoms. The van der Waals surface area contributed by atoms with Crippen molar-refractivity contribution >= 4 is 0 Å². The first-order chi connectivity index (χ1) is 9.91. The van der Waals surface area contributed by atoms with Crippen LogP contribution in [0.15, 0.2) is 42.5 Å². The molecule has 0 heterocycles. The lowest BCUT2D eigenvalue weighted by Gasteiger charge is -2.11. The summed E-state index contributed by atoms with van der Waals surface area (Å²) in [5.41, 5.74) is 1.55. The molecule has 0 aliphatic heterocycles. The van der Waals surface area contributed by atoms with Crippen LogP contribution in [0.1, 0.15) is 5.56 Å². The summed E-state index contributed by atoms with van der Waals surface area (Å²) in [7, 11) is 1.53. The average Bonchev–Trinajstić information content (AvgIpc) is 2.45. The van der Waals surface area contributed by atoms with E-state index in [0.717, 1.165) is 0 Å². The second-order valence-corrected chi connectivity index (χ2v) is 4.17. The van der Waals surface area contributed by atoms with Gasteiger partial charge in [-0.1, -0.05) is 18.1 Å². The highest BCUT2D eigenvalue weighted by molar-refractivity contribution is 5.68. The monoisotopic (exact) mass is 292 g/mol. The summed E-state index contributed by atoms with van der Waals surface area (Å²) in [6.07, 6.45) is 0.509. The van der Waals surface area contributed by atoms with Gasteiger partial charge in [0.1, 0.15) is 11.5 Å². The first-order valence-electron chi connectivity index (χ1n) is 5.93. The Labute approximate surface area is 120 Å². The third kappa shape index (κ3) is 3.93. The van der Waals surface area contributed by atoms with Crippen LogP contribution in [0.5, 0.6) is 11.5 Å². The molecule has 2 aromatic rings. The van der Waals surface area contributed by atoms with E-state index in [2.05, 4.69) is 10.7 Å². The fraction of sp³-hybridized carbons (Fsp3) is 0.125. The maximum absolute atomic E-state index is 12.3. The molecule has 0 radical (unpaired) electrons. The lowest BCUT2D eigenvalue weighted by molar-refractivity contribution is -0.274. The van der Waals surface area contributed by atoms with Crippen molar-refractivity contribution in [3.05, 3.63) is 48.0 Å². The molecule has 108 valence electrons. The molecule has 5 heteroatoms. The van der Waals surface area contributed by atoms with Gasteiger partial charge in [0, 0.05) is 5.56 Å². The Balaban J connectivity index is 2.42. The standard InChI is InChI=1S/C16H11F3O2/c1-3-11-8-13(10-15(9-11)21-16(17,18)19)12-4-6-14(20-2)7-5-12/h1,4-10H,2H3. The molecule has 0 aromatic heterocycles. The number of benzene rings is 2. The van der Waals surface area contributed by atoms with E-state index >= 15 is 0 Å². The number of hydrogen-bond acceptors (Lipinski definition) is 2. The fourth-order valence-corrected chi connectivity index (χ4v) is 1.83. The molecule has 0 atom stereocenters. The van der Waals surface area contributed by atoms with Crippen LogP contribution < -0.4 is 9.47 Å². The van der Waals surface area contributed by atoms with Crippen molar-refractivity contribution in [2.45, 2.75) is 6.36 Å². The second-order valence-electron chi connectivity index (χ2n) is 4.17. The molecule has 0 saturated heterocycles. The predicted octanol–water partition coefficient (Wildman–Crippen LogP) is 4.24. The molecule has 2 rings (SSSR count). The molecule has 2 nitrogen and oxygen atoms in total. The Morgan fingerprint density at radius 2 is 1.62 bits per heavy atom. The van der Waals surface area contributed by atoms with Crippen LogP contribution in [0.25, 0.3) is 11.1 Å². The van der Waals surface area contributed by atoms with E-state index in [0.29, 0.717) is 22.4 Å². The van der Waals surface area contributed by atoms with Gasteiger partial charge in [-0.15, -0.1) is 19.6 Å². The highest BCUT2D eigenvalue weighted by atomic mass is 19.4. The largest absolute Gasteiger partial charge is 0.573 e. The molecule has 0 aliphatic rings. The van der Waals surface area contributed by atoms with E-state index in [1.54, 1.807) is 30.3 Å². The lowest BCUT2D eigenvalue weighted by atomic mass is 10.0. The summed E-state index contributed by atoms with van der Waals surface area (Å²) in [5.74, 6) is 2.62. The SMILES string of the molecule is C#Cc1cc(OC(F)(F)F)cc(-c2ccc(OC)cc2)c1. The van der Waals surface area contributed by atoms with Crippen molar-refractivity contribution in [1.29, 1.82) is 0 Å². The van der Waals surface area contributed by atoms with Crippen LogP contribution in [0.3, 0.4) is 0 Å². The van der Waals surface area contributed by atoms with Gasteiger partial charge in [-0.25, -0.2) is 0 Å². The molecular formula is C16H11F3O2. The number of terminal acetylenes is 1. The van der Waals surface area contributed by atoms with Gasteiger partial charge in [-0.2, -0.15) is 0 Å². The van der Waals surface area contributed by atoms with Gasteiger partial charge in [0.15, 0.2) is 0 Å². The van der Waals surface area contributed by atoms with E-state index < -0.39 is 6.36 Å². The molecular weight excluding hydrogens is 281 g/mol. The molecule has 0 unspecified atom stereocenters. The fourth-order valence-electron chi connectivity index (χ4n) is 1.83. The Bertz CT molecular complexity index is 667. The molecule has 0 N–H and O–H groups in total. The minimum Gasteiger partial charge on any atom is -0.497 e. The van der Waals surface area contributed by atoms with Crippen molar-refractivity contribution in [2.24, 2.45) is 0 Å². The van der Waals surface area contributed by atoms with E-state index in [9.17, 15) is 13.2 Å². The Morgan fingerprint density at radius 3 is 2.14 bits per heavy atom. The predicted molar refractivity (Wildman–Crippen MR) is 73.0 cm³/mol. The summed E-state index contributed by atoms with van der Waals surface area (Å²) in [6, 6.07) is 10.9. The summed E-state index contributed by atoms with van der Waals surface area (Å²) < 4.78 is 45.9. The van der Waals surface area contributed by atoms with Crippen LogP contribution in [0, 0.1) is 12.3 Å². The first-order valence-corrected chi connectivity index (χ1v) is 5.93. The zero-order chi connectivity index (χ0) is 15.5. The molecule has 0 saturated carbocycles. The minimum atomic E-state index is -4.76. The Hall–Kier alpha value is -2.61. The van der Waals surface area contributed by atoms with Gasteiger partial charge in [0.25, 0.3) is 0 Å². The van der Waals surface area contributed by atoms with Crippen LogP contribution in [0.2, 0.25) is 0 Å². The number of halogens is 3. The van der Waals surface area contributed by atoms with Gasteiger partial charge in [0.05, 0.1) is 7.11 Å². The molecule has 0 spiro atoms. The maximum atomic E-state index is 12.3. The smallest absolute Gasteiger partial charge is 0.497 e. The van der Waals surface area contributed by atoms with Gasteiger partial charge < -0.3 is 9.47 Å². The average molecular weight is 292 g/mol. The number of methoxy groups -OCH3 is 1. The maximum Gasteiger partial charge on any atom is 0.573 e. The van der Waals surface area contributed by atoms with Crippen molar-refractivity contribution in [2.75, 3.05) is 7.11 Å². The highest BCUT2D eigenvalue weighted by Crippen LogP contribution is 2.30. The number of ether oxygens (including phenoxy) is 2. The molecule has 2 aromatic carbocycles. The van der Waals surface area contributed by atoms with E-state index in [1.165, 1.54) is 19.2 Å². The van der Waals surface area contributed by atoms with Gasteiger partial charge in [-0.05, 0) is 41.5 Å². The summed E-state index contributed by atoms with van der Waals surface area (Å²) in [5, 5.41) is 0. The molecule has 21 heavy (non-hydrogen) atoms. The van der Waals surface area contributed by atoms with E-state index in [-0.39, 0.29) is 5.75 Å². The minimum absolute atomic E-state index is 0.308. The number of hydrogen-bond donors (Lipinski definition) is 0. The van der Waals surface area contributed by atoms with Crippen molar-refractivity contribution < 1.29 is 22.6 Å². The van der Waals surface area contributed by atoms with Crippen LogP contribution >= 0.6 is 0 Å². The zero-order valence-electron chi connectivity index (χ0n) is 11.1.